The van der Waals surface area contributed by atoms with E-state index < -0.39 is 0 Å². The van der Waals surface area contributed by atoms with E-state index in [4.69, 9.17) is 0 Å². The van der Waals surface area contributed by atoms with Crippen LogP contribution in [0.2, 0.25) is 0 Å². The molecule has 1 aliphatic carbocycles. The normalized spacial score (nSPS) is 17.9. The molecule has 120 valence electrons. The second kappa shape index (κ2) is 7.41. The van der Waals surface area contributed by atoms with Gasteiger partial charge in [-0.15, -0.1) is 0 Å². The van der Waals surface area contributed by atoms with Gasteiger partial charge in [-0.2, -0.15) is 5.10 Å². The smallest absolute Gasteiger partial charge is 0.0624 e. The molecule has 2 N–H and O–H groups in total. The van der Waals surface area contributed by atoms with Crippen molar-refractivity contribution >= 4 is 0 Å². The first-order chi connectivity index (χ1) is 10.1. The molecule has 0 bridgehead atoms. The number of aryl methyl sites for hydroxylation is 3. The number of aromatic nitrogens is 2. The summed E-state index contributed by atoms with van der Waals surface area (Å²) < 4.78 is 2.17. The monoisotopic (exact) mass is 293 g/mol. The molecule has 2 rings (SSSR count). The van der Waals surface area contributed by atoms with Crippen molar-refractivity contribution in [2.75, 3.05) is 6.61 Å². The number of aliphatic hydroxyl groups excluding tert-OH is 1. The molecule has 4 nitrogen and oxygen atoms in total. The van der Waals surface area contributed by atoms with Crippen LogP contribution in [0, 0.1) is 0 Å². The lowest BCUT2D eigenvalue weighted by Crippen LogP contribution is -2.46. The Bertz CT molecular complexity index is 439. The molecule has 4 heteroatoms. The van der Waals surface area contributed by atoms with Crippen LogP contribution in [0.1, 0.15) is 64.3 Å². The first-order valence-electron chi connectivity index (χ1n) is 8.54. The molecule has 21 heavy (non-hydrogen) atoms. The maximum atomic E-state index is 9.62. The zero-order chi connectivity index (χ0) is 15.3. The highest BCUT2D eigenvalue weighted by Gasteiger charge is 2.31. The van der Waals surface area contributed by atoms with Crippen LogP contribution in [-0.2, 0) is 19.4 Å². The summed E-state index contributed by atoms with van der Waals surface area (Å²) in [6.07, 6.45) is 7.87. The summed E-state index contributed by atoms with van der Waals surface area (Å²) in [5.74, 6) is 0. The Morgan fingerprint density at radius 3 is 2.67 bits per heavy atom. The lowest BCUT2D eigenvalue weighted by Gasteiger charge is -2.29. The SMILES string of the molecule is CCc1cc(CC)n(CCCCC(C)(CO)NC2CC2)n1. The number of hydrogen-bond acceptors (Lipinski definition) is 3. The fourth-order valence-electron chi connectivity index (χ4n) is 2.86. The van der Waals surface area contributed by atoms with E-state index in [-0.39, 0.29) is 12.1 Å². The highest BCUT2D eigenvalue weighted by molar-refractivity contribution is 5.10. The second-order valence-corrected chi connectivity index (χ2v) is 6.65. The molecule has 0 aliphatic heterocycles. The number of rotatable bonds is 10. The van der Waals surface area contributed by atoms with E-state index in [0.29, 0.717) is 6.04 Å². The van der Waals surface area contributed by atoms with E-state index in [1.54, 1.807) is 0 Å². The van der Waals surface area contributed by atoms with E-state index >= 15 is 0 Å². The van der Waals surface area contributed by atoms with E-state index in [2.05, 4.69) is 41.9 Å². The van der Waals surface area contributed by atoms with E-state index in [0.717, 1.165) is 38.6 Å². The van der Waals surface area contributed by atoms with Gasteiger partial charge in [0, 0.05) is 23.8 Å². The van der Waals surface area contributed by atoms with Crippen LogP contribution in [0.5, 0.6) is 0 Å². The molecular weight excluding hydrogens is 262 g/mol. The van der Waals surface area contributed by atoms with Crippen molar-refractivity contribution < 1.29 is 5.11 Å². The fourth-order valence-corrected chi connectivity index (χ4v) is 2.86. The summed E-state index contributed by atoms with van der Waals surface area (Å²) in [6.45, 7) is 7.71. The van der Waals surface area contributed by atoms with Gasteiger partial charge in [0.2, 0.25) is 0 Å². The minimum Gasteiger partial charge on any atom is -0.394 e. The summed E-state index contributed by atoms with van der Waals surface area (Å²) in [5, 5.41) is 17.9. The zero-order valence-electron chi connectivity index (χ0n) is 13.9. The Balaban J connectivity index is 1.76. The van der Waals surface area contributed by atoms with E-state index in [9.17, 15) is 5.11 Å². The molecule has 1 heterocycles. The predicted molar refractivity (Wildman–Crippen MR) is 86.5 cm³/mol. The zero-order valence-corrected chi connectivity index (χ0v) is 13.9. The van der Waals surface area contributed by atoms with Crippen molar-refractivity contribution in [1.82, 2.24) is 15.1 Å². The standard InChI is InChI=1S/C17H31N3O/c1-4-14-12-16(5-2)20(19-14)11-7-6-10-17(3,13-21)18-15-8-9-15/h12,15,18,21H,4-11,13H2,1-3H3. The maximum Gasteiger partial charge on any atom is 0.0624 e. The van der Waals surface area contributed by atoms with Gasteiger partial charge in [0.1, 0.15) is 0 Å². The molecule has 1 unspecified atom stereocenters. The average Bonchev–Trinajstić information content (AvgIpc) is 3.20. The van der Waals surface area contributed by atoms with Gasteiger partial charge in [0.15, 0.2) is 0 Å². The quantitative estimate of drug-likeness (QED) is 0.652. The van der Waals surface area contributed by atoms with Crippen molar-refractivity contribution in [1.29, 1.82) is 0 Å². The van der Waals surface area contributed by atoms with Crippen molar-refractivity contribution in [2.24, 2.45) is 0 Å². The summed E-state index contributed by atoms with van der Waals surface area (Å²) in [6, 6.07) is 2.87. The van der Waals surface area contributed by atoms with Crippen LogP contribution in [0.15, 0.2) is 6.07 Å². The van der Waals surface area contributed by atoms with Gasteiger partial charge in [-0.25, -0.2) is 0 Å². The number of unbranched alkanes of at least 4 members (excludes halogenated alkanes) is 1. The fraction of sp³-hybridized carbons (Fsp3) is 0.824. The van der Waals surface area contributed by atoms with Gasteiger partial charge in [0.25, 0.3) is 0 Å². The van der Waals surface area contributed by atoms with Gasteiger partial charge in [-0.3, -0.25) is 4.68 Å². The minimum absolute atomic E-state index is 0.104. The Labute approximate surface area is 128 Å². The predicted octanol–water partition coefficient (Wildman–Crippen LogP) is 2.68. The third-order valence-corrected chi connectivity index (χ3v) is 4.47. The van der Waals surface area contributed by atoms with Crippen LogP contribution in [0.4, 0.5) is 0 Å². The van der Waals surface area contributed by atoms with Crippen molar-refractivity contribution in [3.05, 3.63) is 17.5 Å². The number of aliphatic hydroxyl groups is 1. The molecule has 1 aromatic heterocycles. The molecule has 1 fully saturated rings. The summed E-state index contributed by atoms with van der Waals surface area (Å²) >= 11 is 0. The Morgan fingerprint density at radius 1 is 1.33 bits per heavy atom. The molecule has 1 atom stereocenters. The third-order valence-electron chi connectivity index (χ3n) is 4.47. The summed E-state index contributed by atoms with van der Waals surface area (Å²) in [7, 11) is 0. The first kappa shape index (κ1) is 16.5. The molecule has 1 saturated carbocycles. The number of nitrogens with one attached hydrogen (secondary N) is 1. The van der Waals surface area contributed by atoms with Crippen LogP contribution >= 0.6 is 0 Å². The molecule has 0 radical (unpaired) electrons. The minimum atomic E-state index is -0.104. The van der Waals surface area contributed by atoms with Gasteiger partial charge in [0.05, 0.1) is 12.3 Å². The Hall–Kier alpha value is -0.870. The second-order valence-electron chi connectivity index (χ2n) is 6.65. The average molecular weight is 293 g/mol. The number of hydrogen-bond donors (Lipinski definition) is 2. The highest BCUT2D eigenvalue weighted by Crippen LogP contribution is 2.25. The molecule has 0 aromatic carbocycles. The van der Waals surface area contributed by atoms with Gasteiger partial charge in [-0.1, -0.05) is 13.8 Å². The first-order valence-corrected chi connectivity index (χ1v) is 8.54. The molecule has 0 saturated heterocycles. The van der Waals surface area contributed by atoms with E-state index in [1.807, 2.05) is 0 Å². The molecule has 0 spiro atoms. The molecule has 1 aliphatic rings. The van der Waals surface area contributed by atoms with Gasteiger partial charge < -0.3 is 10.4 Å². The molecule has 1 aromatic rings. The summed E-state index contributed by atoms with van der Waals surface area (Å²) in [4.78, 5) is 0. The van der Waals surface area contributed by atoms with Gasteiger partial charge >= 0.3 is 0 Å². The maximum absolute atomic E-state index is 9.62. The lowest BCUT2D eigenvalue weighted by molar-refractivity contribution is 0.160. The number of nitrogens with zero attached hydrogens (tertiary/aromatic N) is 2. The van der Waals surface area contributed by atoms with E-state index in [1.165, 1.54) is 24.2 Å². The van der Waals surface area contributed by atoms with Gasteiger partial charge in [-0.05, 0) is 57.9 Å². The van der Waals surface area contributed by atoms with Crippen LogP contribution in [-0.4, -0.2) is 33.1 Å². The van der Waals surface area contributed by atoms with Crippen LogP contribution < -0.4 is 5.32 Å². The van der Waals surface area contributed by atoms with Crippen molar-refractivity contribution in [2.45, 2.75) is 83.8 Å². The Morgan fingerprint density at radius 2 is 2.10 bits per heavy atom. The Kier molecular flexibility index (Phi) is 5.82. The lowest BCUT2D eigenvalue weighted by atomic mass is 9.95. The topological polar surface area (TPSA) is 50.1 Å². The van der Waals surface area contributed by atoms with Crippen molar-refractivity contribution in [3.63, 3.8) is 0 Å². The molecule has 0 amide bonds. The highest BCUT2D eigenvalue weighted by atomic mass is 16.3. The van der Waals surface area contributed by atoms with Crippen LogP contribution in [0.25, 0.3) is 0 Å². The molecular formula is C17H31N3O. The van der Waals surface area contributed by atoms with Crippen molar-refractivity contribution in [3.8, 4) is 0 Å². The third kappa shape index (κ3) is 4.82. The largest absolute Gasteiger partial charge is 0.394 e. The van der Waals surface area contributed by atoms with Crippen LogP contribution in [0.3, 0.4) is 0 Å². The summed E-state index contributed by atoms with van der Waals surface area (Å²) in [5.41, 5.74) is 2.43.